The minimum atomic E-state index is -3.22. The first-order valence-electron chi connectivity index (χ1n) is 5.80. The van der Waals surface area contributed by atoms with Crippen LogP contribution in [0.4, 0.5) is 0 Å². The van der Waals surface area contributed by atoms with E-state index in [1.54, 1.807) is 4.90 Å². The second-order valence-corrected chi connectivity index (χ2v) is 6.57. The van der Waals surface area contributed by atoms with E-state index >= 15 is 0 Å². The molecule has 0 saturated carbocycles. The first kappa shape index (κ1) is 14.4. The molecule has 6 nitrogen and oxygen atoms in total. The van der Waals surface area contributed by atoms with Gasteiger partial charge >= 0.3 is 0 Å². The molecular weight excluding hydrogens is 242 g/mol. The quantitative estimate of drug-likeness (QED) is 0.654. The minimum Gasteiger partial charge on any atom is -0.339 e. The van der Waals surface area contributed by atoms with Gasteiger partial charge in [0.05, 0.1) is 0 Å². The van der Waals surface area contributed by atoms with Crippen LogP contribution in [0.5, 0.6) is 0 Å². The fraction of sp³-hybridized carbons (Fsp3) is 0.900. The van der Waals surface area contributed by atoms with Crippen LogP contribution in [0.3, 0.4) is 0 Å². The topological polar surface area (TPSA) is 83.7 Å². The van der Waals surface area contributed by atoms with E-state index in [4.69, 9.17) is 5.73 Å². The number of amides is 1. The lowest BCUT2D eigenvalue weighted by Gasteiger charge is -2.34. The lowest BCUT2D eigenvalue weighted by atomic mass is 10.3. The van der Waals surface area contributed by atoms with E-state index in [1.807, 2.05) is 0 Å². The zero-order valence-corrected chi connectivity index (χ0v) is 11.1. The monoisotopic (exact) mass is 263 g/mol. The SMILES string of the molecule is CS(=O)(=O)CC(=O)N1CCN(CCCN)CC1. The standard InChI is InChI=1S/C10H21N3O3S/c1-17(15,16)9-10(14)13-7-5-12(6-8-13)4-2-3-11/h2-9,11H2,1H3. The maximum absolute atomic E-state index is 11.6. The van der Waals surface area contributed by atoms with E-state index < -0.39 is 9.84 Å². The number of carbonyl (C=O) groups excluding carboxylic acids is 1. The number of carbonyl (C=O) groups is 1. The molecule has 1 aliphatic heterocycles. The van der Waals surface area contributed by atoms with Crippen molar-refractivity contribution in [2.24, 2.45) is 5.73 Å². The van der Waals surface area contributed by atoms with Crippen LogP contribution in [0.25, 0.3) is 0 Å². The fourth-order valence-corrected chi connectivity index (χ4v) is 2.48. The molecule has 0 aromatic carbocycles. The third-order valence-corrected chi connectivity index (χ3v) is 3.56. The molecule has 1 rings (SSSR count). The molecule has 7 heteroatoms. The maximum atomic E-state index is 11.6. The van der Waals surface area contributed by atoms with Gasteiger partial charge in [-0.3, -0.25) is 9.69 Å². The van der Waals surface area contributed by atoms with Gasteiger partial charge in [-0.2, -0.15) is 0 Å². The molecule has 1 aliphatic rings. The zero-order valence-electron chi connectivity index (χ0n) is 10.3. The zero-order chi connectivity index (χ0) is 12.9. The van der Waals surface area contributed by atoms with Gasteiger partial charge in [-0.25, -0.2) is 8.42 Å². The molecule has 1 fully saturated rings. The maximum Gasteiger partial charge on any atom is 0.237 e. The Hall–Kier alpha value is -0.660. The fourth-order valence-electron chi connectivity index (χ4n) is 1.85. The number of sulfone groups is 1. The summed E-state index contributed by atoms with van der Waals surface area (Å²) in [4.78, 5) is 15.5. The molecule has 0 atom stereocenters. The van der Waals surface area contributed by atoms with Crippen LogP contribution in [0, 0.1) is 0 Å². The van der Waals surface area contributed by atoms with Gasteiger partial charge in [0.15, 0.2) is 9.84 Å². The van der Waals surface area contributed by atoms with E-state index in [2.05, 4.69) is 4.90 Å². The lowest BCUT2D eigenvalue weighted by Crippen LogP contribution is -2.50. The Bertz CT molecular complexity index is 348. The van der Waals surface area contributed by atoms with Crippen LogP contribution in [0.2, 0.25) is 0 Å². The molecule has 100 valence electrons. The van der Waals surface area contributed by atoms with Gasteiger partial charge in [-0.15, -0.1) is 0 Å². The van der Waals surface area contributed by atoms with Crippen LogP contribution in [-0.4, -0.2) is 75.4 Å². The Morgan fingerprint density at radius 3 is 2.29 bits per heavy atom. The molecule has 0 aromatic rings. The van der Waals surface area contributed by atoms with Crippen molar-refractivity contribution in [3.8, 4) is 0 Å². The van der Waals surface area contributed by atoms with Gasteiger partial charge in [0.2, 0.25) is 5.91 Å². The van der Waals surface area contributed by atoms with Gasteiger partial charge in [-0.1, -0.05) is 0 Å². The molecule has 0 bridgehead atoms. The van der Waals surface area contributed by atoms with E-state index in [0.29, 0.717) is 19.6 Å². The Balaban J connectivity index is 2.34. The van der Waals surface area contributed by atoms with Crippen molar-refractivity contribution in [1.29, 1.82) is 0 Å². The summed E-state index contributed by atoms with van der Waals surface area (Å²) in [5.41, 5.74) is 5.43. The van der Waals surface area contributed by atoms with Gasteiger partial charge in [-0.05, 0) is 19.5 Å². The van der Waals surface area contributed by atoms with Crippen LogP contribution in [0.15, 0.2) is 0 Å². The second kappa shape index (κ2) is 6.32. The van der Waals surface area contributed by atoms with Gasteiger partial charge in [0, 0.05) is 32.4 Å². The number of hydrogen-bond acceptors (Lipinski definition) is 5. The predicted octanol–water partition coefficient (Wildman–Crippen LogP) is -1.48. The Morgan fingerprint density at radius 2 is 1.82 bits per heavy atom. The van der Waals surface area contributed by atoms with Crippen molar-refractivity contribution in [3.63, 3.8) is 0 Å². The third kappa shape index (κ3) is 5.47. The molecule has 0 spiro atoms. The van der Waals surface area contributed by atoms with Crippen molar-refractivity contribution in [2.75, 3.05) is 51.3 Å². The Morgan fingerprint density at radius 1 is 1.24 bits per heavy atom. The number of hydrogen-bond donors (Lipinski definition) is 1. The summed E-state index contributed by atoms with van der Waals surface area (Å²) >= 11 is 0. The first-order chi connectivity index (χ1) is 7.92. The minimum absolute atomic E-state index is 0.286. The summed E-state index contributed by atoms with van der Waals surface area (Å²) in [6, 6.07) is 0. The van der Waals surface area contributed by atoms with Crippen LogP contribution in [-0.2, 0) is 14.6 Å². The average molecular weight is 263 g/mol. The summed E-state index contributed by atoms with van der Waals surface area (Å²) in [6.45, 7) is 4.45. The van der Waals surface area contributed by atoms with Gasteiger partial charge < -0.3 is 10.6 Å². The second-order valence-electron chi connectivity index (χ2n) is 4.43. The molecule has 1 amide bonds. The van der Waals surface area contributed by atoms with Crippen molar-refractivity contribution in [2.45, 2.75) is 6.42 Å². The summed E-state index contributed by atoms with van der Waals surface area (Å²) in [5.74, 6) is -0.665. The van der Waals surface area contributed by atoms with Crippen LogP contribution < -0.4 is 5.73 Å². The van der Waals surface area contributed by atoms with Crippen molar-refractivity contribution < 1.29 is 13.2 Å². The third-order valence-electron chi connectivity index (χ3n) is 2.79. The highest BCUT2D eigenvalue weighted by Gasteiger charge is 2.22. The largest absolute Gasteiger partial charge is 0.339 e. The van der Waals surface area contributed by atoms with E-state index in [9.17, 15) is 13.2 Å². The highest BCUT2D eigenvalue weighted by Crippen LogP contribution is 2.03. The average Bonchev–Trinajstić information content (AvgIpc) is 2.24. The van der Waals surface area contributed by atoms with Crippen LogP contribution >= 0.6 is 0 Å². The number of rotatable bonds is 5. The molecule has 0 radical (unpaired) electrons. The van der Waals surface area contributed by atoms with Crippen molar-refractivity contribution in [1.82, 2.24) is 9.80 Å². The smallest absolute Gasteiger partial charge is 0.237 e. The highest BCUT2D eigenvalue weighted by molar-refractivity contribution is 7.91. The van der Waals surface area contributed by atoms with E-state index in [1.165, 1.54) is 0 Å². The van der Waals surface area contributed by atoms with Crippen molar-refractivity contribution in [3.05, 3.63) is 0 Å². The number of nitrogens with zero attached hydrogens (tertiary/aromatic N) is 2. The van der Waals surface area contributed by atoms with Crippen molar-refractivity contribution >= 4 is 15.7 Å². The lowest BCUT2D eigenvalue weighted by molar-refractivity contribution is -0.130. The highest BCUT2D eigenvalue weighted by atomic mass is 32.2. The summed E-state index contributed by atoms with van der Waals surface area (Å²) in [7, 11) is -3.22. The molecule has 2 N–H and O–H groups in total. The summed E-state index contributed by atoms with van der Waals surface area (Å²) in [6.07, 6.45) is 2.04. The van der Waals surface area contributed by atoms with E-state index in [0.717, 1.165) is 32.3 Å². The Kier molecular flexibility index (Phi) is 5.35. The normalized spacial score (nSPS) is 18.4. The molecule has 0 aliphatic carbocycles. The van der Waals surface area contributed by atoms with Gasteiger partial charge in [0.25, 0.3) is 0 Å². The van der Waals surface area contributed by atoms with Crippen LogP contribution in [0.1, 0.15) is 6.42 Å². The molecule has 1 saturated heterocycles. The molecule has 0 aromatic heterocycles. The summed E-state index contributed by atoms with van der Waals surface area (Å²) < 4.78 is 22.0. The molecular formula is C10H21N3O3S. The summed E-state index contributed by atoms with van der Waals surface area (Å²) in [5, 5.41) is 0. The van der Waals surface area contributed by atoms with Gasteiger partial charge in [0.1, 0.15) is 5.75 Å². The molecule has 1 heterocycles. The molecule has 17 heavy (non-hydrogen) atoms. The first-order valence-corrected chi connectivity index (χ1v) is 7.86. The van der Waals surface area contributed by atoms with E-state index in [-0.39, 0.29) is 11.7 Å². The number of nitrogens with two attached hydrogens (primary N) is 1. The predicted molar refractivity (Wildman–Crippen MR) is 66.4 cm³/mol. The number of piperazine rings is 1. The molecule has 0 unspecified atom stereocenters. The Labute approximate surface area is 103 Å².